The summed E-state index contributed by atoms with van der Waals surface area (Å²) in [6.07, 6.45) is 9.65. The summed E-state index contributed by atoms with van der Waals surface area (Å²) in [5, 5.41) is 0.533. The Morgan fingerprint density at radius 1 is 1.25 bits per heavy atom. The zero-order valence-electron chi connectivity index (χ0n) is 14.4. The third-order valence-electron chi connectivity index (χ3n) is 3.94. The Hall–Kier alpha value is -2.10. The van der Waals surface area contributed by atoms with E-state index >= 15 is 0 Å². The molecule has 0 bridgehead atoms. The summed E-state index contributed by atoms with van der Waals surface area (Å²) < 4.78 is 25.2. The average molecular weight is 332 g/mol. The zero-order valence-corrected chi connectivity index (χ0v) is 14.4. The van der Waals surface area contributed by atoms with Gasteiger partial charge in [0, 0.05) is 6.42 Å². The Balaban J connectivity index is 2.18. The van der Waals surface area contributed by atoms with E-state index in [1.54, 1.807) is 18.2 Å². The van der Waals surface area contributed by atoms with Gasteiger partial charge in [0.25, 0.3) is 0 Å². The number of aryl methyl sites for hydroxylation is 1. The molecule has 0 saturated carbocycles. The van der Waals surface area contributed by atoms with Gasteiger partial charge in [-0.2, -0.15) is 0 Å². The predicted molar refractivity (Wildman–Crippen MR) is 95.2 cm³/mol. The lowest BCUT2D eigenvalue weighted by molar-refractivity contribution is 0.309. The molecule has 24 heavy (non-hydrogen) atoms. The average Bonchev–Trinajstić information content (AvgIpc) is 2.57. The van der Waals surface area contributed by atoms with E-state index in [-0.39, 0.29) is 11.1 Å². The number of hydrogen-bond donors (Lipinski definition) is 0. The van der Waals surface area contributed by atoms with Gasteiger partial charge >= 0.3 is 5.63 Å². The van der Waals surface area contributed by atoms with E-state index < -0.39 is 11.4 Å². The molecule has 1 aromatic heterocycles. The molecule has 0 aliphatic heterocycles. The van der Waals surface area contributed by atoms with Gasteiger partial charge in [0.05, 0.1) is 6.61 Å². The third kappa shape index (κ3) is 4.70. The molecule has 3 nitrogen and oxygen atoms in total. The van der Waals surface area contributed by atoms with E-state index in [1.807, 2.05) is 19.1 Å². The monoisotopic (exact) mass is 332 g/mol. The largest absolute Gasteiger partial charge is 0.490 e. The highest BCUT2D eigenvalue weighted by atomic mass is 19.1. The third-order valence-corrected chi connectivity index (χ3v) is 3.94. The highest BCUT2D eigenvalue weighted by molar-refractivity contribution is 5.83. The van der Waals surface area contributed by atoms with Crippen molar-refractivity contribution in [2.75, 3.05) is 6.61 Å². The van der Waals surface area contributed by atoms with Crippen LogP contribution in [0.3, 0.4) is 0 Å². The first kappa shape index (κ1) is 18.2. The summed E-state index contributed by atoms with van der Waals surface area (Å²) >= 11 is 0. The van der Waals surface area contributed by atoms with Crippen molar-refractivity contribution >= 4 is 10.8 Å². The van der Waals surface area contributed by atoms with Crippen molar-refractivity contribution in [2.45, 2.75) is 52.4 Å². The number of benzene rings is 1. The van der Waals surface area contributed by atoms with Crippen LogP contribution in [0.1, 0.15) is 51.7 Å². The molecule has 4 heteroatoms. The van der Waals surface area contributed by atoms with E-state index in [0.29, 0.717) is 30.6 Å². The smallest absolute Gasteiger partial charge is 0.346 e. The van der Waals surface area contributed by atoms with Crippen LogP contribution in [0, 0.1) is 5.82 Å². The van der Waals surface area contributed by atoms with Gasteiger partial charge in [-0.05, 0) is 37.3 Å². The van der Waals surface area contributed by atoms with E-state index in [9.17, 15) is 9.18 Å². The van der Waals surface area contributed by atoms with Crippen molar-refractivity contribution in [3.63, 3.8) is 0 Å². The summed E-state index contributed by atoms with van der Waals surface area (Å²) in [6.45, 7) is 4.44. The molecule has 0 unspecified atom stereocenters. The van der Waals surface area contributed by atoms with Crippen LogP contribution < -0.4 is 10.4 Å². The number of halogens is 1. The summed E-state index contributed by atoms with van der Waals surface area (Å²) in [6, 6.07) is 5.05. The maximum Gasteiger partial charge on any atom is 0.346 e. The molecule has 0 radical (unpaired) electrons. The van der Waals surface area contributed by atoms with Crippen LogP contribution in [0.2, 0.25) is 0 Å². The molecule has 0 saturated heterocycles. The minimum absolute atomic E-state index is 0.0316. The lowest BCUT2D eigenvalue weighted by atomic mass is 10.1. The second-order valence-corrected chi connectivity index (χ2v) is 5.86. The van der Waals surface area contributed by atoms with Gasteiger partial charge in [0.15, 0.2) is 11.6 Å². The fourth-order valence-corrected chi connectivity index (χ4v) is 2.64. The molecule has 0 aliphatic carbocycles. The molecule has 0 fully saturated rings. The lowest BCUT2D eigenvalue weighted by Crippen LogP contribution is -2.07. The van der Waals surface area contributed by atoms with Crippen LogP contribution in [-0.4, -0.2) is 6.61 Å². The number of hydrogen-bond acceptors (Lipinski definition) is 3. The molecule has 0 spiro atoms. The highest BCUT2D eigenvalue weighted by Gasteiger charge is 2.14. The van der Waals surface area contributed by atoms with Crippen molar-refractivity contribution in [3.05, 3.63) is 52.3 Å². The van der Waals surface area contributed by atoms with Gasteiger partial charge in [0.1, 0.15) is 11.1 Å². The molecule has 0 amide bonds. The van der Waals surface area contributed by atoms with Gasteiger partial charge in [-0.3, -0.25) is 0 Å². The second kappa shape index (κ2) is 9.26. The second-order valence-electron chi connectivity index (χ2n) is 5.86. The van der Waals surface area contributed by atoms with Gasteiger partial charge in [0.2, 0.25) is 0 Å². The quantitative estimate of drug-likeness (QED) is 0.456. The van der Waals surface area contributed by atoms with Crippen LogP contribution in [0.15, 0.2) is 39.6 Å². The molecule has 0 N–H and O–H groups in total. The molecule has 0 atom stereocenters. The minimum Gasteiger partial charge on any atom is -0.490 e. The maximum atomic E-state index is 14.5. The van der Waals surface area contributed by atoms with Gasteiger partial charge in [-0.1, -0.05) is 44.4 Å². The van der Waals surface area contributed by atoms with Crippen molar-refractivity contribution in [3.8, 4) is 5.75 Å². The lowest BCUT2D eigenvalue weighted by Gasteiger charge is -2.08. The number of rotatable bonds is 9. The van der Waals surface area contributed by atoms with E-state index in [0.717, 1.165) is 19.3 Å². The Kier molecular flexibility index (Phi) is 7.04. The molecule has 1 aromatic carbocycles. The Morgan fingerprint density at radius 3 is 2.83 bits per heavy atom. The predicted octanol–water partition coefficient (Wildman–Crippen LogP) is 5.40. The maximum absolute atomic E-state index is 14.5. The summed E-state index contributed by atoms with van der Waals surface area (Å²) in [4.78, 5) is 12.2. The van der Waals surface area contributed by atoms with E-state index in [2.05, 4.69) is 6.92 Å². The van der Waals surface area contributed by atoms with Crippen molar-refractivity contribution in [2.24, 2.45) is 0 Å². The number of fused-ring (bicyclic) bond motifs is 1. The number of allylic oxidation sites excluding steroid dienone is 1. The van der Waals surface area contributed by atoms with Crippen molar-refractivity contribution in [1.82, 2.24) is 0 Å². The van der Waals surface area contributed by atoms with Crippen molar-refractivity contribution in [1.29, 1.82) is 0 Å². The summed E-state index contributed by atoms with van der Waals surface area (Å²) in [5.74, 6) is 0.0685. The minimum atomic E-state index is -0.640. The number of ether oxygens (including phenoxy) is 1. The fourth-order valence-electron chi connectivity index (χ4n) is 2.64. The first-order valence-electron chi connectivity index (χ1n) is 8.66. The molecular formula is C20H25FO3. The Labute approximate surface area is 142 Å². The first-order chi connectivity index (χ1) is 11.7. The Morgan fingerprint density at radius 2 is 2.08 bits per heavy atom. The highest BCUT2D eigenvalue weighted by Crippen LogP contribution is 2.25. The zero-order chi connectivity index (χ0) is 17.4. The van der Waals surface area contributed by atoms with Crippen LogP contribution in [0.5, 0.6) is 5.75 Å². The summed E-state index contributed by atoms with van der Waals surface area (Å²) in [5.41, 5.74) is -0.630. The van der Waals surface area contributed by atoms with Crippen LogP contribution in [-0.2, 0) is 6.42 Å². The van der Waals surface area contributed by atoms with Gasteiger partial charge < -0.3 is 9.15 Å². The molecule has 130 valence electrons. The normalized spacial score (nSPS) is 11.5. The van der Waals surface area contributed by atoms with Crippen molar-refractivity contribution < 1.29 is 13.5 Å². The SMILES string of the molecule is C/C=C/CCOc1ccc2cc(CCCCCC)oc(=O)c2c1F. The molecule has 1 heterocycles. The number of unbranched alkanes of at least 4 members (excludes halogenated alkanes) is 3. The van der Waals surface area contributed by atoms with Crippen LogP contribution in [0.25, 0.3) is 10.8 Å². The first-order valence-corrected chi connectivity index (χ1v) is 8.66. The molecule has 0 aliphatic rings. The van der Waals surface area contributed by atoms with E-state index in [1.165, 1.54) is 6.42 Å². The Bertz CT molecular complexity index is 746. The molecular weight excluding hydrogens is 307 g/mol. The topological polar surface area (TPSA) is 39.4 Å². The van der Waals surface area contributed by atoms with Crippen LogP contribution in [0.4, 0.5) is 4.39 Å². The van der Waals surface area contributed by atoms with Gasteiger partial charge in [-0.25, -0.2) is 9.18 Å². The summed E-state index contributed by atoms with van der Waals surface area (Å²) in [7, 11) is 0. The van der Waals surface area contributed by atoms with E-state index in [4.69, 9.17) is 9.15 Å². The molecule has 2 rings (SSSR count). The fraction of sp³-hybridized carbons (Fsp3) is 0.450. The van der Waals surface area contributed by atoms with Crippen LogP contribution >= 0.6 is 0 Å². The van der Waals surface area contributed by atoms with Gasteiger partial charge in [-0.15, -0.1) is 0 Å². The molecule has 2 aromatic rings. The standard InChI is InChI=1S/C20H25FO3/c1-3-5-7-8-10-16-14-15-11-12-17(23-13-9-6-4-2)19(21)18(15)20(22)24-16/h4,6,11-12,14H,3,5,7-10,13H2,1-2H3/b6-4+.